The fourth-order valence-corrected chi connectivity index (χ4v) is 2.58. The molecule has 0 radical (unpaired) electrons. The maximum absolute atomic E-state index is 12.3. The van der Waals surface area contributed by atoms with Crippen LogP contribution in [-0.2, 0) is 11.2 Å². The molecular weight excluding hydrogens is 282 g/mol. The highest BCUT2D eigenvalue weighted by Gasteiger charge is 2.24. The molecule has 1 heterocycles. The Kier molecular flexibility index (Phi) is 3.78. The molecule has 0 atom stereocenters. The Morgan fingerprint density at radius 2 is 1.82 bits per heavy atom. The monoisotopic (exact) mass is 297 g/mol. The van der Waals surface area contributed by atoms with Gasteiger partial charge in [-0.1, -0.05) is 30.3 Å². The average Bonchev–Trinajstić information content (AvgIpc) is 2.97. The van der Waals surface area contributed by atoms with Gasteiger partial charge in [0.05, 0.1) is 0 Å². The molecule has 2 aromatic carbocycles. The number of rotatable bonds is 4. The van der Waals surface area contributed by atoms with E-state index >= 15 is 0 Å². The van der Waals surface area contributed by atoms with E-state index in [1.54, 1.807) is 23.1 Å². The van der Waals surface area contributed by atoms with Crippen molar-refractivity contribution in [2.75, 3.05) is 18.1 Å². The van der Waals surface area contributed by atoms with Crippen molar-refractivity contribution in [1.82, 2.24) is 0 Å². The minimum absolute atomic E-state index is 0.0529. The quantitative estimate of drug-likeness (QED) is 0.940. The van der Waals surface area contributed by atoms with Gasteiger partial charge in [0.15, 0.2) is 6.61 Å². The van der Waals surface area contributed by atoms with Gasteiger partial charge in [-0.15, -0.1) is 0 Å². The summed E-state index contributed by atoms with van der Waals surface area (Å²) in [6, 6.07) is 14.1. The minimum atomic E-state index is -1.07. The summed E-state index contributed by atoms with van der Waals surface area (Å²) in [7, 11) is 0. The van der Waals surface area contributed by atoms with Crippen LogP contribution in [0, 0.1) is 0 Å². The van der Waals surface area contributed by atoms with Crippen LogP contribution < -0.4 is 9.64 Å². The zero-order valence-electron chi connectivity index (χ0n) is 11.9. The van der Waals surface area contributed by atoms with Crippen molar-refractivity contribution in [3.63, 3.8) is 0 Å². The van der Waals surface area contributed by atoms with E-state index < -0.39 is 5.97 Å². The lowest BCUT2D eigenvalue weighted by Crippen LogP contribution is -2.33. The Morgan fingerprint density at radius 3 is 2.64 bits per heavy atom. The number of amides is 1. The number of carbonyl (C=O) groups is 2. The maximum atomic E-state index is 12.3. The lowest BCUT2D eigenvalue weighted by Gasteiger charge is -2.18. The first-order valence-corrected chi connectivity index (χ1v) is 7.00. The Morgan fingerprint density at radius 1 is 1.09 bits per heavy atom. The number of para-hydroxylation sites is 2. The molecule has 0 saturated heterocycles. The molecule has 112 valence electrons. The normalized spacial score (nSPS) is 12.8. The van der Waals surface area contributed by atoms with Crippen molar-refractivity contribution in [3.05, 3.63) is 59.7 Å². The second-order valence-electron chi connectivity index (χ2n) is 5.01. The average molecular weight is 297 g/mol. The summed E-state index contributed by atoms with van der Waals surface area (Å²) in [5.74, 6) is -1.05. The fraction of sp³-hybridized carbons (Fsp3) is 0.176. The van der Waals surface area contributed by atoms with Crippen LogP contribution in [0.5, 0.6) is 5.75 Å². The zero-order chi connectivity index (χ0) is 15.5. The van der Waals surface area contributed by atoms with E-state index in [0.717, 1.165) is 17.7 Å². The Labute approximate surface area is 127 Å². The lowest BCUT2D eigenvalue weighted by molar-refractivity contribution is -0.120. The van der Waals surface area contributed by atoms with Gasteiger partial charge in [0, 0.05) is 12.2 Å². The number of carboxylic acids is 1. The van der Waals surface area contributed by atoms with Gasteiger partial charge in [-0.25, -0.2) is 4.79 Å². The molecule has 1 amide bonds. The number of hydrogen-bond donors (Lipinski definition) is 1. The van der Waals surface area contributed by atoms with E-state index in [2.05, 4.69) is 0 Å². The topological polar surface area (TPSA) is 66.8 Å². The second-order valence-corrected chi connectivity index (χ2v) is 5.01. The molecule has 0 fully saturated rings. The molecule has 0 aliphatic carbocycles. The molecule has 1 N–H and O–H groups in total. The SMILES string of the molecule is O=C(O)c1ccccc1OCC(=O)N1CCc2ccccc21. The predicted molar refractivity (Wildman–Crippen MR) is 81.4 cm³/mol. The van der Waals surface area contributed by atoms with E-state index in [1.807, 2.05) is 24.3 Å². The third-order valence-electron chi connectivity index (χ3n) is 3.66. The standard InChI is InChI=1S/C17H15NO4/c19-16(18-10-9-12-5-1-3-7-14(12)18)11-22-15-8-4-2-6-13(15)17(20)21/h1-8H,9-11H2,(H,20,21). The van der Waals surface area contributed by atoms with Crippen molar-refractivity contribution >= 4 is 17.6 Å². The molecule has 3 rings (SSSR count). The third kappa shape index (κ3) is 2.65. The summed E-state index contributed by atoms with van der Waals surface area (Å²) in [5.41, 5.74) is 2.10. The highest BCUT2D eigenvalue weighted by atomic mass is 16.5. The molecule has 22 heavy (non-hydrogen) atoms. The zero-order valence-corrected chi connectivity index (χ0v) is 11.9. The molecule has 0 unspecified atom stereocenters. The van der Waals surface area contributed by atoms with Crippen molar-refractivity contribution in [3.8, 4) is 5.75 Å². The van der Waals surface area contributed by atoms with Crippen molar-refractivity contribution in [1.29, 1.82) is 0 Å². The first-order chi connectivity index (χ1) is 10.7. The number of aromatic carboxylic acids is 1. The molecule has 1 aliphatic rings. The Bertz CT molecular complexity index is 726. The summed E-state index contributed by atoms with van der Waals surface area (Å²) in [4.78, 5) is 25.1. The van der Waals surface area contributed by atoms with E-state index in [9.17, 15) is 9.59 Å². The van der Waals surface area contributed by atoms with Crippen LogP contribution >= 0.6 is 0 Å². The molecule has 0 saturated carbocycles. The molecule has 0 bridgehead atoms. The highest BCUT2D eigenvalue weighted by molar-refractivity contribution is 5.96. The van der Waals surface area contributed by atoms with Crippen LogP contribution in [-0.4, -0.2) is 30.1 Å². The number of ether oxygens (including phenoxy) is 1. The molecule has 0 aromatic heterocycles. The Balaban J connectivity index is 1.71. The van der Waals surface area contributed by atoms with Gasteiger partial charge < -0.3 is 14.7 Å². The van der Waals surface area contributed by atoms with E-state index in [4.69, 9.17) is 9.84 Å². The van der Waals surface area contributed by atoms with Crippen molar-refractivity contribution < 1.29 is 19.4 Å². The lowest BCUT2D eigenvalue weighted by atomic mass is 10.2. The summed E-state index contributed by atoms with van der Waals surface area (Å²) in [6.45, 7) is 0.445. The number of benzene rings is 2. The first-order valence-electron chi connectivity index (χ1n) is 7.00. The molecule has 0 spiro atoms. The number of hydrogen-bond acceptors (Lipinski definition) is 3. The van der Waals surface area contributed by atoms with Crippen LogP contribution in [0.4, 0.5) is 5.69 Å². The van der Waals surface area contributed by atoms with E-state index in [1.165, 1.54) is 6.07 Å². The van der Waals surface area contributed by atoms with E-state index in [-0.39, 0.29) is 23.8 Å². The van der Waals surface area contributed by atoms with Gasteiger partial charge in [0.1, 0.15) is 11.3 Å². The second kappa shape index (κ2) is 5.89. The maximum Gasteiger partial charge on any atom is 0.339 e. The predicted octanol–water partition coefficient (Wildman–Crippen LogP) is 2.35. The number of carbonyl (C=O) groups excluding carboxylic acids is 1. The summed E-state index contributed by atoms with van der Waals surface area (Å²) in [6.07, 6.45) is 0.827. The number of carboxylic acid groups (broad SMARTS) is 1. The van der Waals surface area contributed by atoms with Crippen LogP contribution in [0.3, 0.4) is 0 Å². The number of fused-ring (bicyclic) bond motifs is 1. The van der Waals surface area contributed by atoms with Gasteiger partial charge in [-0.3, -0.25) is 4.79 Å². The smallest absolute Gasteiger partial charge is 0.339 e. The number of anilines is 1. The molecular formula is C17H15NO4. The number of nitrogens with zero attached hydrogens (tertiary/aromatic N) is 1. The summed E-state index contributed by atoms with van der Waals surface area (Å²) in [5, 5.41) is 9.10. The Hall–Kier alpha value is -2.82. The third-order valence-corrected chi connectivity index (χ3v) is 3.66. The van der Waals surface area contributed by atoms with Crippen LogP contribution in [0.1, 0.15) is 15.9 Å². The van der Waals surface area contributed by atoms with Crippen molar-refractivity contribution in [2.45, 2.75) is 6.42 Å². The van der Waals surface area contributed by atoms with Gasteiger partial charge >= 0.3 is 5.97 Å². The van der Waals surface area contributed by atoms with Gasteiger partial charge in [0.25, 0.3) is 5.91 Å². The molecule has 2 aromatic rings. The summed E-state index contributed by atoms with van der Waals surface area (Å²) < 4.78 is 5.42. The van der Waals surface area contributed by atoms with Crippen LogP contribution in [0.2, 0.25) is 0 Å². The van der Waals surface area contributed by atoms with Crippen LogP contribution in [0.15, 0.2) is 48.5 Å². The molecule has 5 heteroatoms. The first kappa shape index (κ1) is 14.1. The largest absolute Gasteiger partial charge is 0.483 e. The molecule has 1 aliphatic heterocycles. The fourth-order valence-electron chi connectivity index (χ4n) is 2.58. The van der Waals surface area contributed by atoms with Gasteiger partial charge in [-0.05, 0) is 30.2 Å². The minimum Gasteiger partial charge on any atom is -0.483 e. The van der Waals surface area contributed by atoms with Gasteiger partial charge in [-0.2, -0.15) is 0 Å². The highest BCUT2D eigenvalue weighted by Crippen LogP contribution is 2.27. The van der Waals surface area contributed by atoms with Gasteiger partial charge in [0.2, 0.25) is 0 Å². The summed E-state index contributed by atoms with van der Waals surface area (Å²) >= 11 is 0. The van der Waals surface area contributed by atoms with Crippen LogP contribution in [0.25, 0.3) is 0 Å². The molecule has 5 nitrogen and oxygen atoms in total. The van der Waals surface area contributed by atoms with Crippen molar-refractivity contribution in [2.24, 2.45) is 0 Å². The van der Waals surface area contributed by atoms with E-state index in [0.29, 0.717) is 6.54 Å².